The van der Waals surface area contributed by atoms with Crippen LogP contribution in [-0.2, 0) is 21.4 Å². The van der Waals surface area contributed by atoms with E-state index in [1.807, 2.05) is 12.1 Å². The molecule has 49 heavy (non-hydrogen) atoms. The Morgan fingerprint density at radius 2 is 1.37 bits per heavy atom. The lowest BCUT2D eigenvalue weighted by molar-refractivity contribution is -0.0474. The van der Waals surface area contributed by atoms with Crippen LogP contribution >= 0.6 is 0 Å². The molecule has 1 aromatic heterocycles. The summed E-state index contributed by atoms with van der Waals surface area (Å²) in [6.07, 6.45) is 0.815. The Kier molecular flexibility index (Phi) is 11.9. The van der Waals surface area contributed by atoms with E-state index in [9.17, 15) is 27.2 Å². The van der Waals surface area contributed by atoms with Crippen LogP contribution in [0.4, 0.5) is 49.9 Å². The van der Waals surface area contributed by atoms with E-state index in [1.165, 1.54) is 14.2 Å². The highest BCUT2D eigenvalue weighted by molar-refractivity contribution is 5.89. The van der Waals surface area contributed by atoms with Crippen LogP contribution in [0, 0.1) is 11.8 Å². The van der Waals surface area contributed by atoms with Crippen LogP contribution in [0.2, 0.25) is 0 Å². The molecule has 2 amide bonds. The first-order valence-corrected chi connectivity index (χ1v) is 16.6. The number of methoxy groups -OCH3 is 2. The quantitative estimate of drug-likeness (QED) is 0.144. The second-order valence-electron chi connectivity index (χ2n) is 14.0. The largest absolute Gasteiger partial charge is 0.453 e. The molecule has 2 aliphatic carbocycles. The number of benzene rings is 2. The zero-order valence-corrected chi connectivity index (χ0v) is 28.8. The van der Waals surface area contributed by atoms with E-state index in [-0.39, 0.29) is 42.9 Å². The fraction of sp³-hybridized carbons (Fsp3) is 0.571. The molecule has 2 aromatic carbocycles. The summed E-state index contributed by atoms with van der Waals surface area (Å²) in [6, 6.07) is 10.6. The molecule has 10 nitrogen and oxygen atoms in total. The van der Waals surface area contributed by atoms with Crippen LogP contribution in [0.5, 0.6) is 0 Å². The monoisotopic (exact) mass is 692 g/mol. The molecule has 0 saturated heterocycles. The number of nitrogen functional groups attached to an aromatic ring is 1. The van der Waals surface area contributed by atoms with Crippen molar-refractivity contribution < 1.29 is 36.6 Å². The lowest BCUT2D eigenvalue weighted by Gasteiger charge is -2.30. The fourth-order valence-electron chi connectivity index (χ4n) is 6.20. The number of nitrogens with one attached hydrogen (secondary N) is 3. The van der Waals surface area contributed by atoms with E-state index in [0.717, 1.165) is 22.5 Å². The molecule has 0 unspecified atom stereocenters. The van der Waals surface area contributed by atoms with Crippen LogP contribution in [0.3, 0.4) is 0 Å². The first-order valence-electron chi connectivity index (χ1n) is 16.6. The molecular formula is C35H48F4N6O4. The summed E-state index contributed by atoms with van der Waals surface area (Å²) >= 11 is 0. The Morgan fingerprint density at radius 3 is 1.88 bits per heavy atom. The third-order valence-electron chi connectivity index (χ3n) is 9.03. The lowest BCUT2D eigenvalue weighted by Crippen LogP contribution is -2.28. The van der Waals surface area contributed by atoms with E-state index >= 15 is 0 Å². The van der Waals surface area contributed by atoms with Gasteiger partial charge in [0.2, 0.25) is 11.8 Å². The average molecular weight is 693 g/mol. The van der Waals surface area contributed by atoms with Crippen molar-refractivity contribution in [3.63, 3.8) is 0 Å². The maximum atomic E-state index is 13.5. The first-order chi connectivity index (χ1) is 23.0. The van der Waals surface area contributed by atoms with Crippen molar-refractivity contribution in [2.75, 3.05) is 42.4 Å². The van der Waals surface area contributed by atoms with Gasteiger partial charge >= 0.3 is 12.2 Å². The molecule has 2 aliphatic rings. The number of carbonyl (C=O) groups excluding carboxylic acids is 2. The highest BCUT2D eigenvalue weighted by Gasteiger charge is 2.36. The van der Waals surface area contributed by atoms with Gasteiger partial charge in [0.25, 0.3) is 0 Å². The van der Waals surface area contributed by atoms with Gasteiger partial charge in [-0.05, 0) is 73.9 Å². The summed E-state index contributed by atoms with van der Waals surface area (Å²) in [4.78, 5) is 27.3. The van der Waals surface area contributed by atoms with Crippen LogP contribution < -0.4 is 21.7 Å². The van der Waals surface area contributed by atoms with Gasteiger partial charge in [0, 0.05) is 55.6 Å². The normalized spacial score (nSPS) is 17.8. The smallest absolute Gasteiger partial charge is 0.411 e. The number of fused-ring (bicyclic) bond motifs is 1. The van der Waals surface area contributed by atoms with E-state index in [1.54, 1.807) is 24.3 Å². The number of imidazole rings is 1. The van der Waals surface area contributed by atoms with E-state index in [0.29, 0.717) is 55.8 Å². The molecule has 0 atom stereocenters. The number of anilines is 4. The number of ether oxygens (including phenoxy) is 2. The molecule has 270 valence electrons. The molecule has 1 heterocycles. The van der Waals surface area contributed by atoms with Gasteiger partial charge in [-0.2, -0.15) is 0 Å². The molecular weight excluding hydrogens is 644 g/mol. The Labute approximate surface area is 284 Å². The molecule has 3 aromatic rings. The molecule has 0 bridgehead atoms. The first kappa shape index (κ1) is 37.6. The van der Waals surface area contributed by atoms with Gasteiger partial charge in [-0.3, -0.25) is 10.6 Å². The minimum absolute atomic E-state index is 0.0393. The third-order valence-corrected chi connectivity index (χ3v) is 9.03. The maximum absolute atomic E-state index is 13.5. The molecule has 2 fully saturated rings. The van der Waals surface area contributed by atoms with Gasteiger partial charge < -0.3 is 25.1 Å². The molecule has 5 rings (SSSR count). The zero-order chi connectivity index (χ0) is 36.0. The van der Waals surface area contributed by atoms with Gasteiger partial charge in [0.15, 0.2) is 0 Å². The Balaban J connectivity index is 0.000000226. The fourth-order valence-corrected chi connectivity index (χ4v) is 6.20. The third kappa shape index (κ3) is 10.6. The van der Waals surface area contributed by atoms with Gasteiger partial charge in [-0.15, -0.1) is 0 Å². The van der Waals surface area contributed by atoms with Crippen molar-refractivity contribution in [3.05, 3.63) is 42.2 Å². The summed E-state index contributed by atoms with van der Waals surface area (Å²) in [7, 11) is 2.59. The summed E-state index contributed by atoms with van der Waals surface area (Å²) in [5.74, 6) is -3.65. The van der Waals surface area contributed by atoms with Crippen molar-refractivity contribution in [1.82, 2.24) is 9.55 Å². The lowest BCUT2D eigenvalue weighted by atomic mass is 9.86. The molecule has 0 spiro atoms. The number of aromatic nitrogens is 2. The number of amides is 2. The molecule has 5 N–H and O–H groups in total. The maximum Gasteiger partial charge on any atom is 0.411 e. The van der Waals surface area contributed by atoms with Crippen molar-refractivity contribution in [2.45, 2.75) is 95.9 Å². The second kappa shape index (κ2) is 15.5. The van der Waals surface area contributed by atoms with Crippen molar-refractivity contribution in [2.24, 2.45) is 11.8 Å². The highest BCUT2D eigenvalue weighted by atomic mass is 19.3. The number of nitrogens with zero attached hydrogens (tertiary/aromatic N) is 2. The van der Waals surface area contributed by atoms with Crippen molar-refractivity contribution in [3.8, 4) is 0 Å². The number of nitrogens with two attached hydrogens (primary N) is 1. The SMILES string of the molecule is COC(=O)Nc1ccc(NCC2CCC(F)(F)CC2)c(N)c1.COC(=O)Nc1ccc2c(c1)nc(C(C)(C)C)n2CC1CCC(F)(F)CC1. The second-order valence-corrected chi connectivity index (χ2v) is 14.0. The Morgan fingerprint density at radius 1 is 0.857 bits per heavy atom. The van der Waals surface area contributed by atoms with Gasteiger partial charge in [0.1, 0.15) is 5.82 Å². The van der Waals surface area contributed by atoms with Gasteiger partial charge in [-0.1, -0.05) is 20.8 Å². The number of hydrogen-bond donors (Lipinski definition) is 4. The highest BCUT2D eigenvalue weighted by Crippen LogP contribution is 2.39. The zero-order valence-electron chi connectivity index (χ0n) is 28.8. The van der Waals surface area contributed by atoms with Gasteiger partial charge in [-0.25, -0.2) is 32.1 Å². The number of hydrogen-bond acceptors (Lipinski definition) is 7. The molecule has 0 aliphatic heterocycles. The standard InChI is InChI=1S/C20H27F2N3O2.C15H21F2N3O2/c1-19(2,3)17-24-15-11-14(23-18(26)27-4)5-6-16(15)25(17)12-13-7-9-20(21,22)10-8-13;1-22-14(21)20-11-2-3-13(12(18)8-11)19-9-10-4-6-15(16,17)7-5-10/h5-6,11,13H,7-10,12H2,1-4H3,(H,23,26);2-3,8,10,19H,4-7,9,18H2,1H3,(H,20,21). The summed E-state index contributed by atoms with van der Waals surface area (Å²) in [5, 5.41) is 8.36. The number of carbonyl (C=O) groups is 2. The van der Waals surface area contributed by atoms with Crippen LogP contribution in [0.25, 0.3) is 11.0 Å². The van der Waals surface area contributed by atoms with Gasteiger partial charge in [0.05, 0.1) is 36.6 Å². The number of rotatable bonds is 7. The topological polar surface area (TPSA) is 133 Å². The van der Waals surface area contributed by atoms with E-state index in [2.05, 4.69) is 50.8 Å². The van der Waals surface area contributed by atoms with Crippen molar-refractivity contribution >= 4 is 46.0 Å². The molecule has 2 saturated carbocycles. The van der Waals surface area contributed by atoms with Crippen LogP contribution in [-0.4, -0.2) is 54.3 Å². The summed E-state index contributed by atoms with van der Waals surface area (Å²) in [6.45, 7) is 7.57. The predicted molar refractivity (Wildman–Crippen MR) is 184 cm³/mol. The summed E-state index contributed by atoms with van der Waals surface area (Å²) in [5.41, 5.74) is 9.81. The predicted octanol–water partition coefficient (Wildman–Crippen LogP) is 9.02. The molecule has 0 radical (unpaired) electrons. The van der Waals surface area contributed by atoms with E-state index < -0.39 is 24.0 Å². The summed E-state index contributed by atoms with van der Waals surface area (Å²) < 4.78 is 64.5. The number of halogens is 4. The average Bonchev–Trinajstić information content (AvgIpc) is 3.40. The minimum Gasteiger partial charge on any atom is -0.453 e. The van der Waals surface area contributed by atoms with Crippen LogP contribution in [0.1, 0.15) is 78.0 Å². The number of alkyl halides is 4. The van der Waals surface area contributed by atoms with E-state index in [4.69, 9.17) is 10.7 Å². The minimum atomic E-state index is -2.52. The Bertz CT molecular complexity index is 1590. The molecule has 14 heteroatoms. The van der Waals surface area contributed by atoms with Crippen molar-refractivity contribution in [1.29, 1.82) is 0 Å². The van der Waals surface area contributed by atoms with Crippen LogP contribution in [0.15, 0.2) is 36.4 Å². The Hall–Kier alpha value is -4.23.